The molecule has 15 heavy (non-hydrogen) atoms. The van der Waals surface area contributed by atoms with Crippen molar-refractivity contribution in [2.75, 3.05) is 5.32 Å². The fourth-order valence-electron chi connectivity index (χ4n) is 1.61. The van der Waals surface area contributed by atoms with E-state index in [4.69, 9.17) is 5.73 Å². The van der Waals surface area contributed by atoms with Gasteiger partial charge in [0.2, 0.25) is 0 Å². The molecule has 1 aliphatic carbocycles. The molecule has 3 heteroatoms. The van der Waals surface area contributed by atoms with E-state index in [0.29, 0.717) is 12.0 Å². The average molecular weight is 201 g/mol. The maximum absolute atomic E-state index is 5.80. The van der Waals surface area contributed by atoms with Crippen LogP contribution in [0.3, 0.4) is 0 Å². The van der Waals surface area contributed by atoms with Crippen LogP contribution in [-0.4, -0.2) is 12.0 Å². The first kappa shape index (κ1) is 9.77. The Kier molecular flexibility index (Phi) is 3.02. The molecule has 1 aromatic rings. The van der Waals surface area contributed by atoms with Gasteiger partial charge in [0.05, 0.1) is 6.04 Å². The maximum atomic E-state index is 5.80. The van der Waals surface area contributed by atoms with E-state index < -0.39 is 0 Å². The lowest BCUT2D eigenvalue weighted by molar-refractivity contribution is 0.733. The molecule has 1 aliphatic rings. The van der Waals surface area contributed by atoms with Gasteiger partial charge >= 0.3 is 0 Å². The van der Waals surface area contributed by atoms with Gasteiger partial charge in [0.25, 0.3) is 0 Å². The Morgan fingerprint density at radius 1 is 1.20 bits per heavy atom. The summed E-state index contributed by atoms with van der Waals surface area (Å²) in [5, 5.41) is 3.07. The van der Waals surface area contributed by atoms with Gasteiger partial charge in [0.15, 0.2) is 5.96 Å². The second-order valence-electron chi connectivity index (χ2n) is 3.60. The SMILES string of the molecule is NC(=NC1CC=CC1)Nc1ccccc1. The summed E-state index contributed by atoms with van der Waals surface area (Å²) in [5.41, 5.74) is 6.77. The van der Waals surface area contributed by atoms with Crippen molar-refractivity contribution in [3.63, 3.8) is 0 Å². The Labute approximate surface area is 89.7 Å². The summed E-state index contributed by atoms with van der Waals surface area (Å²) in [6.45, 7) is 0. The Morgan fingerprint density at radius 2 is 1.87 bits per heavy atom. The van der Waals surface area contributed by atoms with Gasteiger partial charge in [-0.15, -0.1) is 0 Å². The third-order valence-electron chi connectivity index (χ3n) is 2.35. The Morgan fingerprint density at radius 3 is 2.53 bits per heavy atom. The molecule has 3 N–H and O–H groups in total. The van der Waals surface area contributed by atoms with Crippen molar-refractivity contribution in [3.05, 3.63) is 42.5 Å². The first-order valence-corrected chi connectivity index (χ1v) is 5.15. The highest BCUT2D eigenvalue weighted by atomic mass is 15.1. The first-order valence-electron chi connectivity index (χ1n) is 5.15. The molecule has 0 fully saturated rings. The summed E-state index contributed by atoms with van der Waals surface area (Å²) >= 11 is 0. The molecule has 0 bridgehead atoms. The normalized spacial score (nSPS) is 16.9. The van der Waals surface area contributed by atoms with Crippen LogP contribution in [0.1, 0.15) is 12.8 Å². The number of nitrogens with one attached hydrogen (secondary N) is 1. The number of hydrogen-bond acceptors (Lipinski definition) is 1. The molecule has 0 amide bonds. The number of benzene rings is 1. The van der Waals surface area contributed by atoms with E-state index in [1.165, 1.54) is 0 Å². The number of anilines is 1. The van der Waals surface area contributed by atoms with Gasteiger partial charge in [-0.25, -0.2) is 4.99 Å². The molecular formula is C12H15N3. The Hall–Kier alpha value is -1.77. The minimum Gasteiger partial charge on any atom is -0.370 e. The molecule has 0 atom stereocenters. The molecule has 0 heterocycles. The van der Waals surface area contributed by atoms with Gasteiger partial charge in [-0.2, -0.15) is 0 Å². The fraction of sp³-hybridized carbons (Fsp3) is 0.250. The van der Waals surface area contributed by atoms with Crippen molar-refractivity contribution in [1.82, 2.24) is 0 Å². The van der Waals surface area contributed by atoms with Crippen molar-refractivity contribution < 1.29 is 0 Å². The van der Waals surface area contributed by atoms with Crippen LogP contribution >= 0.6 is 0 Å². The molecule has 0 spiro atoms. The van der Waals surface area contributed by atoms with Crippen molar-refractivity contribution in [2.45, 2.75) is 18.9 Å². The lowest BCUT2D eigenvalue weighted by atomic mass is 10.2. The van der Waals surface area contributed by atoms with E-state index in [1.54, 1.807) is 0 Å². The van der Waals surface area contributed by atoms with Crippen LogP contribution in [0.4, 0.5) is 5.69 Å². The zero-order valence-corrected chi connectivity index (χ0v) is 8.56. The van der Waals surface area contributed by atoms with E-state index >= 15 is 0 Å². The van der Waals surface area contributed by atoms with E-state index in [1.807, 2.05) is 30.3 Å². The number of para-hydroxylation sites is 1. The Balaban J connectivity index is 1.94. The Bertz CT molecular complexity index is 360. The smallest absolute Gasteiger partial charge is 0.193 e. The highest BCUT2D eigenvalue weighted by Gasteiger charge is 2.08. The summed E-state index contributed by atoms with van der Waals surface area (Å²) in [6, 6.07) is 10.2. The second-order valence-corrected chi connectivity index (χ2v) is 3.60. The molecule has 0 aliphatic heterocycles. The predicted molar refractivity (Wildman–Crippen MR) is 63.8 cm³/mol. The van der Waals surface area contributed by atoms with E-state index in [-0.39, 0.29) is 0 Å². The standard InChI is InChI=1S/C12H15N3/c13-12(15-11-8-4-5-9-11)14-10-6-2-1-3-7-10/h1-7,11H,8-9H2,(H3,13,14,15). The van der Waals surface area contributed by atoms with Crippen LogP contribution in [0.15, 0.2) is 47.5 Å². The van der Waals surface area contributed by atoms with E-state index in [9.17, 15) is 0 Å². The van der Waals surface area contributed by atoms with Crippen LogP contribution in [0.25, 0.3) is 0 Å². The number of hydrogen-bond donors (Lipinski definition) is 2. The molecule has 1 aromatic carbocycles. The molecule has 2 rings (SSSR count). The van der Waals surface area contributed by atoms with E-state index in [0.717, 1.165) is 18.5 Å². The lowest BCUT2D eigenvalue weighted by Gasteiger charge is -2.08. The van der Waals surface area contributed by atoms with Gasteiger partial charge in [-0.05, 0) is 25.0 Å². The quantitative estimate of drug-likeness (QED) is 0.437. The number of nitrogens with two attached hydrogens (primary N) is 1. The van der Waals surface area contributed by atoms with Crippen molar-refractivity contribution >= 4 is 11.6 Å². The molecular weight excluding hydrogens is 186 g/mol. The lowest BCUT2D eigenvalue weighted by Crippen LogP contribution is -2.24. The van der Waals surface area contributed by atoms with Gasteiger partial charge in [0, 0.05) is 5.69 Å². The van der Waals surface area contributed by atoms with Gasteiger partial charge in [0.1, 0.15) is 0 Å². The molecule has 3 nitrogen and oxygen atoms in total. The number of nitrogens with zero attached hydrogens (tertiary/aromatic N) is 1. The van der Waals surface area contributed by atoms with Crippen molar-refractivity contribution in [3.8, 4) is 0 Å². The third kappa shape index (κ3) is 2.84. The highest BCUT2D eigenvalue weighted by molar-refractivity contribution is 5.92. The summed E-state index contributed by atoms with van der Waals surface area (Å²) in [6.07, 6.45) is 6.28. The second kappa shape index (κ2) is 4.64. The van der Waals surface area contributed by atoms with E-state index in [2.05, 4.69) is 22.5 Å². The molecule has 0 saturated carbocycles. The molecule has 0 saturated heterocycles. The largest absolute Gasteiger partial charge is 0.370 e. The van der Waals surface area contributed by atoms with Crippen molar-refractivity contribution in [2.24, 2.45) is 10.7 Å². The summed E-state index contributed by atoms with van der Waals surface area (Å²) in [7, 11) is 0. The molecule has 0 radical (unpaired) electrons. The monoisotopic (exact) mass is 201 g/mol. The number of aliphatic imine (C=N–C) groups is 1. The zero-order valence-electron chi connectivity index (χ0n) is 8.56. The van der Waals surface area contributed by atoms with Gasteiger partial charge < -0.3 is 11.1 Å². The predicted octanol–water partition coefficient (Wildman–Crippen LogP) is 2.13. The minimum atomic E-state index is 0.321. The maximum Gasteiger partial charge on any atom is 0.193 e. The first-order chi connectivity index (χ1) is 7.34. The van der Waals surface area contributed by atoms with Gasteiger partial charge in [-0.3, -0.25) is 0 Å². The molecule has 0 aromatic heterocycles. The topological polar surface area (TPSA) is 50.4 Å². The molecule has 0 unspecified atom stereocenters. The third-order valence-corrected chi connectivity index (χ3v) is 2.35. The summed E-state index contributed by atoms with van der Waals surface area (Å²) in [5.74, 6) is 0.495. The minimum absolute atomic E-state index is 0.321. The van der Waals surface area contributed by atoms with Crippen LogP contribution in [0.2, 0.25) is 0 Å². The summed E-state index contributed by atoms with van der Waals surface area (Å²) in [4.78, 5) is 4.39. The number of guanidine groups is 1. The average Bonchev–Trinajstić information content (AvgIpc) is 2.71. The van der Waals surface area contributed by atoms with Crippen LogP contribution in [-0.2, 0) is 0 Å². The zero-order chi connectivity index (χ0) is 10.5. The van der Waals surface area contributed by atoms with Crippen LogP contribution in [0, 0.1) is 0 Å². The highest BCUT2D eigenvalue weighted by Crippen LogP contribution is 2.13. The van der Waals surface area contributed by atoms with Crippen LogP contribution in [0.5, 0.6) is 0 Å². The van der Waals surface area contributed by atoms with Crippen molar-refractivity contribution in [1.29, 1.82) is 0 Å². The van der Waals surface area contributed by atoms with Crippen LogP contribution < -0.4 is 11.1 Å². The fourth-order valence-corrected chi connectivity index (χ4v) is 1.61. The summed E-state index contributed by atoms with van der Waals surface area (Å²) < 4.78 is 0. The molecule has 78 valence electrons. The number of rotatable bonds is 2. The van der Waals surface area contributed by atoms with Gasteiger partial charge in [-0.1, -0.05) is 30.4 Å².